The number of aliphatic carboxylic acids is 1. The predicted molar refractivity (Wildman–Crippen MR) is 64.1 cm³/mol. The first kappa shape index (κ1) is 14.4. The van der Waals surface area contributed by atoms with Gasteiger partial charge in [0.1, 0.15) is 5.54 Å². The second kappa shape index (κ2) is 6.33. The maximum Gasteiger partial charge on any atom is 0.323 e. The van der Waals surface area contributed by atoms with Crippen molar-refractivity contribution in [2.45, 2.75) is 38.8 Å². The molecule has 0 saturated carbocycles. The van der Waals surface area contributed by atoms with E-state index in [1.54, 1.807) is 6.92 Å². The lowest BCUT2D eigenvalue weighted by Crippen LogP contribution is -2.54. The second-order valence-electron chi connectivity index (χ2n) is 5.18. The lowest BCUT2D eigenvalue weighted by Gasteiger charge is -2.31. The molecular weight excluding hydrogens is 222 g/mol. The molecule has 2 unspecified atom stereocenters. The zero-order valence-corrected chi connectivity index (χ0v) is 10.9. The molecule has 1 heterocycles. The zero-order valence-electron chi connectivity index (χ0n) is 10.9. The van der Waals surface area contributed by atoms with Crippen LogP contribution in [-0.2, 0) is 14.3 Å². The Labute approximate surface area is 102 Å². The molecule has 0 aromatic carbocycles. The molecule has 2 atom stereocenters. The zero-order chi connectivity index (χ0) is 12.9. The van der Waals surface area contributed by atoms with E-state index in [9.17, 15) is 9.90 Å². The van der Waals surface area contributed by atoms with E-state index in [0.717, 1.165) is 0 Å². The van der Waals surface area contributed by atoms with Gasteiger partial charge in [-0.3, -0.25) is 10.1 Å². The van der Waals surface area contributed by atoms with E-state index >= 15 is 0 Å². The van der Waals surface area contributed by atoms with Crippen LogP contribution in [0.3, 0.4) is 0 Å². The van der Waals surface area contributed by atoms with Gasteiger partial charge in [-0.25, -0.2) is 0 Å². The van der Waals surface area contributed by atoms with Crippen LogP contribution in [-0.4, -0.2) is 49.1 Å². The van der Waals surface area contributed by atoms with Gasteiger partial charge in [0.25, 0.3) is 0 Å². The van der Waals surface area contributed by atoms with Gasteiger partial charge in [-0.1, -0.05) is 13.8 Å². The van der Waals surface area contributed by atoms with Crippen LogP contribution in [0.5, 0.6) is 0 Å². The first-order valence-electron chi connectivity index (χ1n) is 6.12. The molecule has 2 N–H and O–H groups in total. The summed E-state index contributed by atoms with van der Waals surface area (Å²) in [5, 5.41) is 12.4. The Morgan fingerprint density at radius 3 is 2.71 bits per heavy atom. The summed E-state index contributed by atoms with van der Waals surface area (Å²) >= 11 is 0. The van der Waals surface area contributed by atoms with Crippen molar-refractivity contribution in [2.75, 3.05) is 26.4 Å². The molecule has 0 aromatic rings. The fraction of sp³-hybridized carbons (Fsp3) is 0.917. The van der Waals surface area contributed by atoms with Gasteiger partial charge in [-0.2, -0.15) is 0 Å². The third kappa shape index (κ3) is 4.61. The van der Waals surface area contributed by atoms with Crippen molar-refractivity contribution in [3.8, 4) is 0 Å². The first-order valence-corrected chi connectivity index (χ1v) is 6.12. The van der Waals surface area contributed by atoms with Gasteiger partial charge in [0, 0.05) is 6.54 Å². The van der Waals surface area contributed by atoms with E-state index in [1.807, 2.05) is 13.8 Å². The summed E-state index contributed by atoms with van der Waals surface area (Å²) in [6, 6.07) is 0. The summed E-state index contributed by atoms with van der Waals surface area (Å²) in [7, 11) is 0. The van der Waals surface area contributed by atoms with Gasteiger partial charge in [0.05, 0.1) is 25.9 Å². The van der Waals surface area contributed by atoms with E-state index in [-0.39, 0.29) is 6.10 Å². The average Bonchev–Trinajstić information content (AvgIpc) is 2.27. The maximum atomic E-state index is 11.3. The predicted octanol–water partition coefficient (Wildman–Crippen LogP) is 0.881. The quantitative estimate of drug-likeness (QED) is 0.727. The molecule has 1 aliphatic heterocycles. The van der Waals surface area contributed by atoms with Crippen molar-refractivity contribution in [3.63, 3.8) is 0 Å². The number of nitrogens with one attached hydrogen (secondary N) is 1. The van der Waals surface area contributed by atoms with E-state index in [4.69, 9.17) is 9.47 Å². The molecule has 1 saturated heterocycles. The van der Waals surface area contributed by atoms with Crippen molar-refractivity contribution < 1.29 is 19.4 Å². The van der Waals surface area contributed by atoms with Crippen LogP contribution in [0.2, 0.25) is 0 Å². The summed E-state index contributed by atoms with van der Waals surface area (Å²) in [5.41, 5.74) is -0.894. The number of rotatable bonds is 6. The molecular formula is C12H23NO4. The molecule has 0 bridgehead atoms. The van der Waals surface area contributed by atoms with Crippen LogP contribution in [0, 0.1) is 5.92 Å². The van der Waals surface area contributed by atoms with E-state index < -0.39 is 11.5 Å². The van der Waals surface area contributed by atoms with Gasteiger partial charge in [0.2, 0.25) is 0 Å². The van der Waals surface area contributed by atoms with Crippen molar-refractivity contribution >= 4 is 5.97 Å². The third-order valence-electron chi connectivity index (χ3n) is 2.89. The molecule has 0 spiro atoms. The fourth-order valence-corrected chi connectivity index (χ4v) is 2.05. The van der Waals surface area contributed by atoms with Crippen molar-refractivity contribution in [2.24, 2.45) is 5.92 Å². The minimum atomic E-state index is -0.894. The summed E-state index contributed by atoms with van der Waals surface area (Å²) in [5.74, 6) is -0.491. The molecule has 100 valence electrons. The largest absolute Gasteiger partial charge is 0.480 e. The minimum Gasteiger partial charge on any atom is -0.480 e. The average molecular weight is 245 g/mol. The smallest absolute Gasteiger partial charge is 0.323 e. The Morgan fingerprint density at radius 1 is 1.53 bits per heavy atom. The monoisotopic (exact) mass is 245 g/mol. The molecule has 0 aliphatic carbocycles. The van der Waals surface area contributed by atoms with Crippen LogP contribution < -0.4 is 5.32 Å². The molecule has 0 aromatic heterocycles. The standard InChI is InChI=1S/C12H23NO4/c1-9(2)6-12(3,11(14)15)13-7-10-8-16-4-5-17-10/h9-10,13H,4-8H2,1-3H3,(H,14,15). The molecule has 5 nitrogen and oxygen atoms in total. The van der Waals surface area contributed by atoms with Crippen LogP contribution in [0.4, 0.5) is 0 Å². The second-order valence-corrected chi connectivity index (χ2v) is 5.18. The summed E-state index contributed by atoms with van der Waals surface area (Å²) in [6.07, 6.45) is 0.546. The Kier molecular flexibility index (Phi) is 5.36. The van der Waals surface area contributed by atoms with Gasteiger partial charge in [-0.15, -0.1) is 0 Å². The van der Waals surface area contributed by atoms with Crippen molar-refractivity contribution in [1.29, 1.82) is 0 Å². The highest BCUT2D eigenvalue weighted by Crippen LogP contribution is 2.17. The Morgan fingerprint density at radius 2 is 2.24 bits per heavy atom. The molecule has 1 rings (SSSR count). The van der Waals surface area contributed by atoms with Gasteiger partial charge in [0.15, 0.2) is 0 Å². The van der Waals surface area contributed by atoms with Crippen LogP contribution in [0.15, 0.2) is 0 Å². The van der Waals surface area contributed by atoms with E-state index in [2.05, 4.69) is 5.32 Å². The maximum absolute atomic E-state index is 11.3. The first-order chi connectivity index (χ1) is 7.94. The SMILES string of the molecule is CC(C)CC(C)(NCC1COCCO1)C(=O)O. The van der Waals surface area contributed by atoms with Gasteiger partial charge < -0.3 is 14.6 Å². The highest BCUT2D eigenvalue weighted by molar-refractivity contribution is 5.78. The number of carboxylic acids is 1. The highest BCUT2D eigenvalue weighted by Gasteiger charge is 2.34. The molecule has 1 fully saturated rings. The fourth-order valence-electron chi connectivity index (χ4n) is 2.05. The molecule has 5 heteroatoms. The van der Waals surface area contributed by atoms with E-state index in [1.165, 1.54) is 0 Å². The van der Waals surface area contributed by atoms with E-state index in [0.29, 0.717) is 38.7 Å². The summed E-state index contributed by atoms with van der Waals surface area (Å²) in [4.78, 5) is 11.3. The normalized spacial score (nSPS) is 24.6. The molecule has 0 amide bonds. The summed E-state index contributed by atoms with van der Waals surface area (Å²) in [6.45, 7) is 8.00. The Bertz CT molecular complexity index is 251. The number of carbonyl (C=O) groups is 1. The lowest BCUT2D eigenvalue weighted by molar-refractivity contribution is -0.145. The van der Waals surface area contributed by atoms with Crippen LogP contribution >= 0.6 is 0 Å². The number of carboxylic acid groups (broad SMARTS) is 1. The summed E-state index contributed by atoms with van der Waals surface area (Å²) < 4.78 is 10.8. The molecule has 1 aliphatic rings. The Balaban J connectivity index is 2.45. The van der Waals surface area contributed by atoms with Crippen LogP contribution in [0.25, 0.3) is 0 Å². The topological polar surface area (TPSA) is 67.8 Å². The number of ether oxygens (including phenoxy) is 2. The van der Waals surface area contributed by atoms with Crippen molar-refractivity contribution in [1.82, 2.24) is 5.32 Å². The highest BCUT2D eigenvalue weighted by atomic mass is 16.6. The lowest BCUT2D eigenvalue weighted by atomic mass is 9.90. The van der Waals surface area contributed by atoms with Crippen molar-refractivity contribution in [3.05, 3.63) is 0 Å². The van der Waals surface area contributed by atoms with Gasteiger partial charge in [-0.05, 0) is 19.3 Å². The number of hydrogen-bond donors (Lipinski definition) is 2. The molecule has 17 heavy (non-hydrogen) atoms. The number of hydrogen-bond acceptors (Lipinski definition) is 4. The third-order valence-corrected chi connectivity index (χ3v) is 2.89. The van der Waals surface area contributed by atoms with Gasteiger partial charge >= 0.3 is 5.97 Å². The minimum absolute atomic E-state index is 0.0467. The van der Waals surface area contributed by atoms with Crippen LogP contribution in [0.1, 0.15) is 27.2 Å². The Hall–Kier alpha value is -0.650. The molecule has 0 radical (unpaired) electrons.